The van der Waals surface area contributed by atoms with Crippen molar-refractivity contribution in [2.45, 2.75) is 0 Å². The van der Waals surface area contributed by atoms with Gasteiger partial charge in [0.15, 0.2) is 10.6 Å². The van der Waals surface area contributed by atoms with Gasteiger partial charge in [-0.15, -0.1) is 0 Å². The van der Waals surface area contributed by atoms with Gasteiger partial charge in [-0.2, -0.15) is 0 Å². The summed E-state index contributed by atoms with van der Waals surface area (Å²) in [6.07, 6.45) is 3.93. The molecule has 0 fully saturated rings. The Hall–Kier alpha value is -3.32. The molecule has 1 N–H and O–H groups in total. The Morgan fingerprint density at radius 1 is 1.23 bits per heavy atom. The Bertz CT molecular complexity index is 1230. The molecule has 0 saturated carbocycles. The van der Waals surface area contributed by atoms with Crippen molar-refractivity contribution in [2.75, 3.05) is 5.32 Å². The van der Waals surface area contributed by atoms with Gasteiger partial charge in [-0.3, -0.25) is 14.9 Å². The molecule has 2 aromatic carbocycles. The lowest BCUT2D eigenvalue weighted by Crippen LogP contribution is -2.09. The Morgan fingerprint density at radius 2 is 2.08 bits per heavy atom. The van der Waals surface area contributed by atoms with E-state index in [1.807, 2.05) is 0 Å². The van der Waals surface area contributed by atoms with Crippen LogP contribution in [0.3, 0.4) is 0 Å². The Kier molecular flexibility index (Phi) is 4.06. The summed E-state index contributed by atoms with van der Waals surface area (Å²) in [6.45, 7) is 0. The minimum Gasteiger partial charge on any atom is -0.463 e. The van der Waals surface area contributed by atoms with Crippen LogP contribution in [-0.2, 0) is 4.79 Å². The summed E-state index contributed by atoms with van der Waals surface area (Å²) in [7, 11) is 0. The number of hydrogen-bond acceptors (Lipinski definition) is 5. The van der Waals surface area contributed by atoms with E-state index in [0.717, 1.165) is 0 Å². The number of carbonyl (C=O) groups excluding carboxylic acids is 1. The molecule has 1 amide bonds. The summed E-state index contributed by atoms with van der Waals surface area (Å²) in [4.78, 5) is 28.6. The number of benzene rings is 2. The van der Waals surface area contributed by atoms with Crippen molar-refractivity contribution < 1.29 is 13.6 Å². The van der Waals surface area contributed by atoms with Crippen LogP contribution in [0.1, 0.15) is 5.56 Å². The van der Waals surface area contributed by atoms with Crippen LogP contribution < -0.4 is 10.7 Å². The number of rotatable bonds is 3. The van der Waals surface area contributed by atoms with Gasteiger partial charge >= 0.3 is 0 Å². The van der Waals surface area contributed by atoms with E-state index in [-0.39, 0.29) is 16.8 Å². The SMILES string of the molecule is O=C(/C=C/c1coc2ccccc2c1=O)Nc1nc2ccc(F)cc2s1. The van der Waals surface area contributed by atoms with Crippen LogP contribution in [-0.4, -0.2) is 10.9 Å². The minimum atomic E-state index is -0.447. The van der Waals surface area contributed by atoms with Gasteiger partial charge in [0.2, 0.25) is 5.91 Å². The average Bonchev–Trinajstić information content (AvgIpc) is 3.02. The highest BCUT2D eigenvalue weighted by Crippen LogP contribution is 2.26. The third-order valence-corrected chi connectivity index (χ3v) is 4.64. The van der Waals surface area contributed by atoms with Gasteiger partial charge in [0, 0.05) is 6.08 Å². The number of thiazole rings is 1. The standard InChI is InChI=1S/C19H11FN2O3S/c20-12-6-7-14-16(9-12)26-19(21-14)22-17(23)8-5-11-10-25-15-4-2-1-3-13(15)18(11)24/h1-10H,(H,21,22,23)/b8-5+. The van der Waals surface area contributed by atoms with Crippen LogP contribution in [0.5, 0.6) is 0 Å². The average molecular weight is 366 g/mol. The molecule has 7 heteroatoms. The highest BCUT2D eigenvalue weighted by Gasteiger charge is 2.08. The van der Waals surface area contributed by atoms with Crippen LogP contribution in [0.2, 0.25) is 0 Å². The fraction of sp³-hybridized carbons (Fsp3) is 0. The summed E-state index contributed by atoms with van der Waals surface area (Å²) in [5.41, 5.74) is 1.14. The Labute approximate surface area is 150 Å². The fourth-order valence-corrected chi connectivity index (χ4v) is 3.37. The lowest BCUT2D eigenvalue weighted by molar-refractivity contribution is -0.111. The summed E-state index contributed by atoms with van der Waals surface area (Å²) >= 11 is 1.17. The van der Waals surface area contributed by atoms with Crippen molar-refractivity contribution in [1.29, 1.82) is 0 Å². The van der Waals surface area contributed by atoms with Crippen molar-refractivity contribution in [1.82, 2.24) is 4.98 Å². The Balaban J connectivity index is 1.55. The lowest BCUT2D eigenvalue weighted by atomic mass is 10.1. The number of anilines is 1. The van der Waals surface area contributed by atoms with Crippen LogP contribution >= 0.6 is 11.3 Å². The molecule has 0 saturated heterocycles. The topological polar surface area (TPSA) is 72.2 Å². The highest BCUT2D eigenvalue weighted by molar-refractivity contribution is 7.22. The monoisotopic (exact) mass is 366 g/mol. The second-order valence-corrected chi connectivity index (χ2v) is 6.50. The second kappa shape index (κ2) is 6.53. The molecule has 4 rings (SSSR count). The van der Waals surface area contributed by atoms with E-state index in [4.69, 9.17) is 4.42 Å². The minimum absolute atomic E-state index is 0.216. The van der Waals surface area contributed by atoms with E-state index in [1.165, 1.54) is 41.9 Å². The molecule has 0 aliphatic carbocycles. The third-order valence-electron chi connectivity index (χ3n) is 3.70. The molecule has 2 aromatic heterocycles. The smallest absolute Gasteiger partial charge is 0.250 e. The van der Waals surface area contributed by atoms with Crippen molar-refractivity contribution in [3.8, 4) is 0 Å². The van der Waals surface area contributed by atoms with E-state index in [2.05, 4.69) is 10.3 Å². The maximum absolute atomic E-state index is 13.2. The third kappa shape index (κ3) is 3.12. The highest BCUT2D eigenvalue weighted by atomic mass is 32.1. The molecule has 0 spiro atoms. The first kappa shape index (κ1) is 16.2. The number of para-hydroxylation sites is 1. The number of halogens is 1. The largest absolute Gasteiger partial charge is 0.463 e. The molecular weight excluding hydrogens is 355 g/mol. The second-order valence-electron chi connectivity index (χ2n) is 5.47. The summed E-state index contributed by atoms with van der Waals surface area (Å²) in [5.74, 6) is -0.806. The molecular formula is C19H11FN2O3S. The van der Waals surface area contributed by atoms with Crippen LogP contribution in [0.15, 0.2) is 64.0 Å². The summed E-state index contributed by atoms with van der Waals surface area (Å²) < 4.78 is 19.2. The summed E-state index contributed by atoms with van der Waals surface area (Å²) in [5, 5.41) is 3.40. The molecule has 2 heterocycles. The summed E-state index contributed by atoms with van der Waals surface area (Å²) in [6, 6.07) is 11.1. The zero-order valence-corrected chi connectivity index (χ0v) is 14.0. The first-order chi connectivity index (χ1) is 12.6. The van der Waals surface area contributed by atoms with Gasteiger partial charge < -0.3 is 4.42 Å². The Morgan fingerprint density at radius 3 is 2.96 bits per heavy atom. The van der Waals surface area contributed by atoms with Gasteiger partial charge in [-0.05, 0) is 36.4 Å². The van der Waals surface area contributed by atoms with Crippen LogP contribution in [0.4, 0.5) is 9.52 Å². The number of hydrogen-bond donors (Lipinski definition) is 1. The first-order valence-electron chi connectivity index (χ1n) is 7.66. The van der Waals surface area contributed by atoms with Gasteiger partial charge in [0.25, 0.3) is 0 Å². The number of amides is 1. The number of nitrogens with zero attached hydrogens (tertiary/aromatic N) is 1. The fourth-order valence-electron chi connectivity index (χ4n) is 2.47. The predicted octanol–water partition coefficient (Wildman–Crippen LogP) is 4.19. The quantitative estimate of drug-likeness (QED) is 0.552. The van der Waals surface area contributed by atoms with Crippen molar-refractivity contribution in [3.05, 3.63) is 76.4 Å². The maximum atomic E-state index is 13.2. The lowest BCUT2D eigenvalue weighted by Gasteiger charge is -1.98. The van der Waals surface area contributed by atoms with E-state index < -0.39 is 5.91 Å². The zero-order chi connectivity index (χ0) is 18.1. The molecule has 0 unspecified atom stereocenters. The van der Waals surface area contributed by atoms with Crippen molar-refractivity contribution in [3.63, 3.8) is 0 Å². The molecule has 26 heavy (non-hydrogen) atoms. The molecule has 0 aliphatic heterocycles. The van der Waals surface area contributed by atoms with E-state index >= 15 is 0 Å². The first-order valence-corrected chi connectivity index (χ1v) is 8.47. The van der Waals surface area contributed by atoms with E-state index in [0.29, 0.717) is 26.3 Å². The molecule has 0 aliphatic rings. The molecule has 4 aromatic rings. The van der Waals surface area contributed by atoms with Crippen molar-refractivity contribution >= 4 is 49.6 Å². The van der Waals surface area contributed by atoms with E-state index in [1.54, 1.807) is 30.3 Å². The molecule has 5 nitrogen and oxygen atoms in total. The normalized spacial score (nSPS) is 11.4. The zero-order valence-electron chi connectivity index (χ0n) is 13.2. The van der Waals surface area contributed by atoms with Crippen molar-refractivity contribution in [2.24, 2.45) is 0 Å². The molecule has 128 valence electrons. The molecule has 0 atom stereocenters. The van der Waals surface area contributed by atoms with E-state index in [9.17, 15) is 14.0 Å². The van der Waals surface area contributed by atoms with Gasteiger partial charge in [0.05, 0.1) is 21.2 Å². The van der Waals surface area contributed by atoms with Gasteiger partial charge in [-0.25, -0.2) is 9.37 Å². The maximum Gasteiger partial charge on any atom is 0.250 e. The molecule has 0 bridgehead atoms. The van der Waals surface area contributed by atoms with Gasteiger partial charge in [-0.1, -0.05) is 23.5 Å². The predicted molar refractivity (Wildman–Crippen MR) is 99.7 cm³/mol. The number of nitrogens with one attached hydrogen (secondary N) is 1. The van der Waals surface area contributed by atoms with Gasteiger partial charge in [0.1, 0.15) is 17.7 Å². The molecule has 0 radical (unpaired) electrons. The number of fused-ring (bicyclic) bond motifs is 2. The number of carbonyl (C=O) groups is 1. The van der Waals surface area contributed by atoms with Crippen LogP contribution in [0, 0.1) is 5.82 Å². The number of aromatic nitrogens is 1. The van der Waals surface area contributed by atoms with Crippen LogP contribution in [0.25, 0.3) is 27.3 Å².